The third kappa shape index (κ3) is 3.50. The fourth-order valence-corrected chi connectivity index (χ4v) is 0.904. The van der Waals surface area contributed by atoms with Gasteiger partial charge in [-0.15, -0.1) is 0 Å². The van der Waals surface area contributed by atoms with Crippen molar-refractivity contribution in [3.8, 4) is 0 Å². The molecule has 1 rings (SSSR count). The van der Waals surface area contributed by atoms with Gasteiger partial charge in [-0.1, -0.05) is 0 Å². The molecule has 0 aliphatic heterocycles. The van der Waals surface area contributed by atoms with Gasteiger partial charge in [0.15, 0.2) is 6.10 Å². The van der Waals surface area contributed by atoms with Gasteiger partial charge in [-0.3, -0.25) is 9.78 Å². The van der Waals surface area contributed by atoms with E-state index < -0.39 is 24.7 Å². The summed E-state index contributed by atoms with van der Waals surface area (Å²) in [5.41, 5.74) is 0.136. The molecule has 1 aromatic rings. The monoisotopic (exact) mass is 234 g/mol. The zero-order valence-corrected chi connectivity index (χ0v) is 8.03. The quantitative estimate of drug-likeness (QED) is 0.810. The second-order valence-corrected chi connectivity index (χ2v) is 3.01. The fourth-order valence-electron chi connectivity index (χ4n) is 0.904. The van der Waals surface area contributed by atoms with E-state index >= 15 is 0 Å². The van der Waals surface area contributed by atoms with Crippen molar-refractivity contribution < 1.29 is 23.1 Å². The summed E-state index contributed by atoms with van der Waals surface area (Å²) in [5.74, 6) is -0.712. The van der Waals surface area contributed by atoms with E-state index in [1.54, 1.807) is 0 Å². The molecule has 7 heteroatoms. The lowest BCUT2D eigenvalue weighted by Gasteiger charge is -2.14. The summed E-state index contributed by atoms with van der Waals surface area (Å²) in [4.78, 5) is 14.9. The number of nitrogens with one attached hydrogen (secondary N) is 1. The van der Waals surface area contributed by atoms with Crippen LogP contribution in [0, 0.1) is 0 Å². The van der Waals surface area contributed by atoms with Crippen LogP contribution < -0.4 is 5.32 Å². The average Bonchev–Trinajstić information content (AvgIpc) is 2.25. The molecular formula is C9H9F3N2O2. The van der Waals surface area contributed by atoms with Crippen LogP contribution >= 0.6 is 0 Å². The third-order valence-electron chi connectivity index (χ3n) is 1.76. The number of alkyl halides is 3. The Balaban J connectivity index is 2.48. The normalized spacial score (nSPS) is 13.2. The first-order valence-electron chi connectivity index (χ1n) is 4.34. The predicted molar refractivity (Wildman–Crippen MR) is 48.6 cm³/mol. The summed E-state index contributed by atoms with van der Waals surface area (Å²) < 4.78 is 35.7. The Kier molecular flexibility index (Phi) is 3.83. The summed E-state index contributed by atoms with van der Waals surface area (Å²) in [5, 5.41) is 10.6. The van der Waals surface area contributed by atoms with Crippen LogP contribution in [0.5, 0.6) is 0 Å². The van der Waals surface area contributed by atoms with Crippen molar-refractivity contribution in [2.45, 2.75) is 12.3 Å². The average molecular weight is 234 g/mol. The van der Waals surface area contributed by atoms with Crippen LogP contribution in [-0.4, -0.2) is 34.8 Å². The molecule has 2 N–H and O–H groups in total. The highest BCUT2D eigenvalue weighted by atomic mass is 19.4. The zero-order valence-electron chi connectivity index (χ0n) is 8.03. The molecule has 0 fully saturated rings. The number of aliphatic hydroxyl groups is 1. The summed E-state index contributed by atoms with van der Waals surface area (Å²) in [6.45, 7) is -0.878. The zero-order chi connectivity index (χ0) is 12.2. The number of hydrogen-bond acceptors (Lipinski definition) is 3. The maximum absolute atomic E-state index is 11.9. The SMILES string of the molecule is O=C(NCC(O)C(F)(F)F)c1cccnc1. The van der Waals surface area contributed by atoms with Gasteiger partial charge in [0.1, 0.15) is 0 Å². The maximum Gasteiger partial charge on any atom is 0.416 e. The van der Waals surface area contributed by atoms with Gasteiger partial charge in [0.25, 0.3) is 5.91 Å². The minimum atomic E-state index is -4.73. The van der Waals surface area contributed by atoms with Crippen molar-refractivity contribution in [1.29, 1.82) is 0 Å². The van der Waals surface area contributed by atoms with Gasteiger partial charge in [0, 0.05) is 12.4 Å². The summed E-state index contributed by atoms with van der Waals surface area (Å²) in [6, 6.07) is 2.89. The number of pyridine rings is 1. The lowest BCUT2D eigenvalue weighted by atomic mass is 10.2. The van der Waals surface area contributed by atoms with E-state index in [9.17, 15) is 18.0 Å². The van der Waals surface area contributed by atoms with E-state index in [4.69, 9.17) is 5.11 Å². The van der Waals surface area contributed by atoms with Gasteiger partial charge in [0.05, 0.1) is 12.1 Å². The predicted octanol–water partition coefficient (Wildman–Crippen LogP) is 0.735. The number of aliphatic hydroxyl groups excluding tert-OH is 1. The number of hydrogen-bond donors (Lipinski definition) is 2. The van der Waals surface area contributed by atoms with E-state index in [-0.39, 0.29) is 5.56 Å². The lowest BCUT2D eigenvalue weighted by molar-refractivity contribution is -0.201. The molecule has 0 saturated carbocycles. The molecule has 4 nitrogen and oxygen atoms in total. The number of nitrogens with zero attached hydrogens (tertiary/aromatic N) is 1. The first-order chi connectivity index (χ1) is 7.41. The van der Waals surface area contributed by atoms with E-state index in [0.717, 1.165) is 0 Å². The summed E-state index contributed by atoms with van der Waals surface area (Å²) in [6.07, 6.45) is -4.65. The molecule has 0 saturated heterocycles. The molecule has 0 aromatic carbocycles. The molecule has 0 spiro atoms. The highest BCUT2D eigenvalue weighted by molar-refractivity contribution is 5.93. The number of halogens is 3. The van der Waals surface area contributed by atoms with Crippen LogP contribution in [0.2, 0.25) is 0 Å². The first-order valence-corrected chi connectivity index (χ1v) is 4.34. The molecule has 1 amide bonds. The van der Waals surface area contributed by atoms with Crippen LogP contribution in [0.1, 0.15) is 10.4 Å². The fraction of sp³-hybridized carbons (Fsp3) is 0.333. The molecular weight excluding hydrogens is 225 g/mol. The van der Waals surface area contributed by atoms with Crippen LogP contribution in [0.15, 0.2) is 24.5 Å². The Bertz CT molecular complexity index is 354. The van der Waals surface area contributed by atoms with Crippen molar-refractivity contribution in [3.63, 3.8) is 0 Å². The Morgan fingerprint density at radius 1 is 1.56 bits per heavy atom. The topological polar surface area (TPSA) is 62.2 Å². The Morgan fingerprint density at radius 2 is 2.25 bits per heavy atom. The van der Waals surface area contributed by atoms with Crippen molar-refractivity contribution in [2.75, 3.05) is 6.54 Å². The van der Waals surface area contributed by atoms with E-state index in [0.29, 0.717) is 0 Å². The standard InChI is InChI=1S/C9H9F3N2O2/c10-9(11,12)7(15)5-14-8(16)6-2-1-3-13-4-6/h1-4,7,15H,5H2,(H,14,16). The third-order valence-corrected chi connectivity index (χ3v) is 1.76. The second kappa shape index (κ2) is 4.93. The minimum absolute atomic E-state index is 0.136. The van der Waals surface area contributed by atoms with Gasteiger partial charge < -0.3 is 10.4 Å². The molecule has 88 valence electrons. The lowest BCUT2D eigenvalue weighted by Crippen LogP contribution is -2.40. The number of carbonyl (C=O) groups excluding carboxylic acids is 1. The van der Waals surface area contributed by atoms with Crippen LogP contribution in [-0.2, 0) is 0 Å². The summed E-state index contributed by atoms with van der Waals surface area (Å²) in [7, 11) is 0. The first kappa shape index (κ1) is 12.4. The molecule has 0 bridgehead atoms. The van der Waals surface area contributed by atoms with Crippen LogP contribution in [0.3, 0.4) is 0 Å². The molecule has 0 radical (unpaired) electrons. The van der Waals surface area contributed by atoms with Crippen molar-refractivity contribution >= 4 is 5.91 Å². The number of carbonyl (C=O) groups is 1. The number of rotatable bonds is 3. The molecule has 0 aliphatic carbocycles. The van der Waals surface area contributed by atoms with Crippen molar-refractivity contribution in [2.24, 2.45) is 0 Å². The minimum Gasteiger partial charge on any atom is -0.382 e. The molecule has 1 heterocycles. The smallest absolute Gasteiger partial charge is 0.382 e. The van der Waals surface area contributed by atoms with Crippen LogP contribution in [0.4, 0.5) is 13.2 Å². The number of amides is 1. The Hall–Kier alpha value is -1.63. The van der Waals surface area contributed by atoms with E-state index in [2.05, 4.69) is 4.98 Å². The highest BCUT2D eigenvalue weighted by Crippen LogP contribution is 2.19. The van der Waals surface area contributed by atoms with Crippen molar-refractivity contribution in [1.82, 2.24) is 10.3 Å². The Labute approximate surface area is 89.1 Å². The molecule has 1 unspecified atom stereocenters. The summed E-state index contributed by atoms with van der Waals surface area (Å²) >= 11 is 0. The molecule has 0 aliphatic rings. The van der Waals surface area contributed by atoms with E-state index in [1.165, 1.54) is 24.5 Å². The van der Waals surface area contributed by atoms with Crippen LogP contribution in [0.25, 0.3) is 0 Å². The largest absolute Gasteiger partial charge is 0.416 e. The van der Waals surface area contributed by atoms with E-state index in [1.807, 2.05) is 5.32 Å². The second-order valence-electron chi connectivity index (χ2n) is 3.01. The van der Waals surface area contributed by atoms with Gasteiger partial charge in [-0.25, -0.2) is 0 Å². The number of aromatic nitrogens is 1. The van der Waals surface area contributed by atoms with Gasteiger partial charge in [0.2, 0.25) is 0 Å². The Morgan fingerprint density at radius 3 is 2.75 bits per heavy atom. The highest BCUT2D eigenvalue weighted by Gasteiger charge is 2.38. The maximum atomic E-state index is 11.9. The van der Waals surface area contributed by atoms with Gasteiger partial charge in [-0.2, -0.15) is 13.2 Å². The molecule has 1 aromatic heterocycles. The van der Waals surface area contributed by atoms with Gasteiger partial charge in [-0.05, 0) is 12.1 Å². The van der Waals surface area contributed by atoms with Gasteiger partial charge >= 0.3 is 6.18 Å². The molecule has 1 atom stereocenters. The van der Waals surface area contributed by atoms with Crippen molar-refractivity contribution in [3.05, 3.63) is 30.1 Å². The molecule has 16 heavy (non-hydrogen) atoms.